The highest BCUT2D eigenvalue weighted by atomic mass is 35.5. The van der Waals surface area contributed by atoms with Gasteiger partial charge in [0.05, 0.1) is 19.1 Å². The topological polar surface area (TPSA) is 31.4 Å². The highest BCUT2D eigenvalue weighted by Crippen LogP contribution is 2.33. The third-order valence-corrected chi connectivity index (χ3v) is 3.54. The van der Waals surface area contributed by atoms with Crippen LogP contribution in [-0.2, 0) is 21.1 Å². The van der Waals surface area contributed by atoms with E-state index >= 15 is 0 Å². The van der Waals surface area contributed by atoms with E-state index in [2.05, 4.69) is 4.98 Å². The van der Waals surface area contributed by atoms with Crippen molar-refractivity contribution in [2.24, 2.45) is 0 Å². The SMILES string of the molecule is CC1(c2ncc(CCl)s2)OCCO1. The highest BCUT2D eigenvalue weighted by molar-refractivity contribution is 7.11. The van der Waals surface area contributed by atoms with Crippen LogP contribution in [0.1, 0.15) is 16.8 Å². The van der Waals surface area contributed by atoms with E-state index in [1.807, 2.05) is 6.92 Å². The van der Waals surface area contributed by atoms with Crippen molar-refractivity contribution >= 4 is 22.9 Å². The summed E-state index contributed by atoms with van der Waals surface area (Å²) < 4.78 is 10.9. The van der Waals surface area contributed by atoms with Gasteiger partial charge in [0.25, 0.3) is 0 Å². The average Bonchev–Trinajstić information content (AvgIpc) is 2.72. The number of thiazole rings is 1. The summed E-state index contributed by atoms with van der Waals surface area (Å²) in [5.41, 5.74) is 0. The van der Waals surface area contributed by atoms with Crippen LogP contribution in [0, 0.1) is 0 Å². The number of hydrogen-bond acceptors (Lipinski definition) is 4. The lowest BCUT2D eigenvalue weighted by Crippen LogP contribution is -2.21. The van der Waals surface area contributed by atoms with Gasteiger partial charge in [0.1, 0.15) is 0 Å². The van der Waals surface area contributed by atoms with Crippen LogP contribution in [0.2, 0.25) is 0 Å². The van der Waals surface area contributed by atoms with Crippen LogP contribution in [0.25, 0.3) is 0 Å². The summed E-state index contributed by atoms with van der Waals surface area (Å²) in [6.45, 7) is 3.15. The van der Waals surface area contributed by atoms with Gasteiger partial charge in [-0.05, 0) is 6.92 Å². The van der Waals surface area contributed by atoms with Gasteiger partial charge >= 0.3 is 0 Å². The molecule has 2 heterocycles. The maximum absolute atomic E-state index is 5.68. The molecule has 5 heteroatoms. The van der Waals surface area contributed by atoms with Crippen molar-refractivity contribution in [2.75, 3.05) is 13.2 Å². The van der Waals surface area contributed by atoms with Crippen molar-refractivity contribution < 1.29 is 9.47 Å². The number of hydrogen-bond donors (Lipinski definition) is 0. The zero-order valence-corrected chi connectivity index (χ0v) is 8.82. The predicted octanol–water partition coefficient (Wildman–Crippen LogP) is 2.10. The summed E-state index contributed by atoms with van der Waals surface area (Å²) in [6, 6.07) is 0. The Balaban J connectivity index is 2.23. The van der Waals surface area contributed by atoms with Crippen molar-refractivity contribution in [1.29, 1.82) is 0 Å². The number of ether oxygens (including phenoxy) is 2. The molecule has 1 fully saturated rings. The zero-order chi connectivity index (χ0) is 9.31. The van der Waals surface area contributed by atoms with Crippen LogP contribution in [0.3, 0.4) is 0 Å². The smallest absolute Gasteiger partial charge is 0.219 e. The summed E-state index contributed by atoms with van der Waals surface area (Å²) in [6.07, 6.45) is 1.77. The molecule has 0 spiro atoms. The first-order valence-electron chi connectivity index (χ1n) is 4.04. The Morgan fingerprint density at radius 1 is 1.62 bits per heavy atom. The molecule has 1 aromatic rings. The lowest BCUT2D eigenvalue weighted by Gasteiger charge is -2.18. The second-order valence-corrected chi connectivity index (χ2v) is 4.29. The fourth-order valence-electron chi connectivity index (χ4n) is 1.22. The molecule has 13 heavy (non-hydrogen) atoms. The molecule has 1 aliphatic heterocycles. The lowest BCUT2D eigenvalue weighted by molar-refractivity contribution is -0.149. The van der Waals surface area contributed by atoms with Gasteiger partial charge in [-0.2, -0.15) is 0 Å². The number of rotatable bonds is 2. The average molecular weight is 220 g/mol. The molecule has 0 saturated carbocycles. The molecule has 0 unspecified atom stereocenters. The van der Waals surface area contributed by atoms with Crippen molar-refractivity contribution in [3.8, 4) is 0 Å². The van der Waals surface area contributed by atoms with Crippen LogP contribution >= 0.6 is 22.9 Å². The Kier molecular flexibility index (Phi) is 2.55. The Bertz CT molecular complexity index is 296. The molecule has 1 saturated heterocycles. The van der Waals surface area contributed by atoms with Gasteiger partial charge in [-0.15, -0.1) is 22.9 Å². The number of nitrogens with zero attached hydrogens (tertiary/aromatic N) is 1. The van der Waals surface area contributed by atoms with E-state index < -0.39 is 5.79 Å². The molecule has 3 nitrogen and oxygen atoms in total. The summed E-state index contributed by atoms with van der Waals surface area (Å²) in [4.78, 5) is 5.26. The molecule has 72 valence electrons. The van der Waals surface area contributed by atoms with Crippen molar-refractivity contribution in [3.05, 3.63) is 16.1 Å². The van der Waals surface area contributed by atoms with E-state index in [9.17, 15) is 0 Å². The minimum Gasteiger partial charge on any atom is -0.342 e. The molecule has 0 amide bonds. The van der Waals surface area contributed by atoms with E-state index in [-0.39, 0.29) is 0 Å². The predicted molar refractivity (Wildman–Crippen MR) is 50.9 cm³/mol. The van der Waals surface area contributed by atoms with Gasteiger partial charge in [-0.1, -0.05) is 0 Å². The fraction of sp³-hybridized carbons (Fsp3) is 0.625. The Morgan fingerprint density at radius 2 is 2.31 bits per heavy atom. The molecular weight excluding hydrogens is 210 g/mol. The van der Waals surface area contributed by atoms with Gasteiger partial charge in [0.2, 0.25) is 5.79 Å². The number of alkyl halides is 1. The van der Waals surface area contributed by atoms with Gasteiger partial charge in [-0.25, -0.2) is 4.98 Å². The second kappa shape index (κ2) is 3.53. The summed E-state index contributed by atoms with van der Waals surface area (Å²) >= 11 is 7.22. The molecule has 0 aromatic carbocycles. The highest BCUT2D eigenvalue weighted by Gasteiger charge is 2.36. The summed E-state index contributed by atoms with van der Waals surface area (Å²) in [7, 11) is 0. The van der Waals surface area contributed by atoms with E-state index in [0.717, 1.165) is 9.88 Å². The Hall–Kier alpha value is -0.160. The van der Waals surface area contributed by atoms with Crippen LogP contribution in [0.15, 0.2) is 6.20 Å². The van der Waals surface area contributed by atoms with Gasteiger partial charge in [0, 0.05) is 11.1 Å². The molecule has 1 aliphatic rings. The first-order valence-corrected chi connectivity index (χ1v) is 5.39. The lowest BCUT2D eigenvalue weighted by atomic mass is 10.3. The van der Waals surface area contributed by atoms with Gasteiger partial charge in [-0.3, -0.25) is 0 Å². The third kappa shape index (κ3) is 1.72. The third-order valence-electron chi connectivity index (χ3n) is 1.91. The monoisotopic (exact) mass is 219 g/mol. The van der Waals surface area contributed by atoms with E-state index in [4.69, 9.17) is 21.1 Å². The Labute approximate surface area is 85.6 Å². The molecule has 0 bridgehead atoms. The minimum atomic E-state index is -0.644. The van der Waals surface area contributed by atoms with Crippen LogP contribution in [-0.4, -0.2) is 18.2 Å². The summed E-state index contributed by atoms with van der Waals surface area (Å²) in [5, 5.41) is 0.848. The van der Waals surface area contributed by atoms with Crippen molar-refractivity contribution in [1.82, 2.24) is 4.98 Å². The number of aromatic nitrogens is 1. The van der Waals surface area contributed by atoms with Crippen LogP contribution in [0.4, 0.5) is 0 Å². The minimum absolute atomic E-state index is 0.494. The normalized spacial score (nSPS) is 20.8. The maximum atomic E-state index is 5.68. The van der Waals surface area contributed by atoms with E-state index in [1.165, 1.54) is 11.3 Å². The quantitative estimate of drug-likeness (QED) is 0.714. The molecular formula is C8H10ClNO2S. The first kappa shape index (κ1) is 9.40. The fourth-order valence-corrected chi connectivity index (χ4v) is 2.27. The van der Waals surface area contributed by atoms with Crippen LogP contribution < -0.4 is 0 Å². The molecule has 0 radical (unpaired) electrons. The zero-order valence-electron chi connectivity index (χ0n) is 7.25. The van der Waals surface area contributed by atoms with Gasteiger partial charge < -0.3 is 9.47 Å². The van der Waals surface area contributed by atoms with Crippen molar-refractivity contribution in [2.45, 2.75) is 18.6 Å². The molecule has 1 aromatic heterocycles. The molecule has 0 atom stereocenters. The standard InChI is InChI=1S/C8H10ClNO2S/c1-8(11-2-3-12-8)7-10-5-6(4-9)13-7/h5H,2-4H2,1H3. The van der Waals surface area contributed by atoms with Crippen LogP contribution in [0.5, 0.6) is 0 Å². The second-order valence-electron chi connectivity index (χ2n) is 2.91. The largest absolute Gasteiger partial charge is 0.342 e. The first-order chi connectivity index (χ1) is 6.24. The van der Waals surface area contributed by atoms with Crippen molar-refractivity contribution in [3.63, 3.8) is 0 Å². The molecule has 0 N–H and O–H groups in total. The van der Waals surface area contributed by atoms with E-state index in [1.54, 1.807) is 6.20 Å². The Morgan fingerprint density at radius 3 is 2.85 bits per heavy atom. The molecule has 0 aliphatic carbocycles. The summed E-state index contributed by atoms with van der Waals surface area (Å²) in [5.74, 6) is -0.150. The van der Waals surface area contributed by atoms with Gasteiger partial charge in [0.15, 0.2) is 5.01 Å². The molecule has 2 rings (SSSR count). The van der Waals surface area contributed by atoms with E-state index in [0.29, 0.717) is 19.1 Å². The maximum Gasteiger partial charge on any atom is 0.219 e. The number of halogens is 1.